The minimum Gasteiger partial charge on any atom is -0.487 e. The van der Waals surface area contributed by atoms with E-state index in [4.69, 9.17) is 9.47 Å². The molecule has 176 valence electrons. The van der Waals surface area contributed by atoms with Crippen LogP contribution in [0.15, 0.2) is 18.2 Å². The van der Waals surface area contributed by atoms with E-state index < -0.39 is 6.10 Å². The molecule has 0 aromatic heterocycles. The molecule has 4 atom stereocenters. The van der Waals surface area contributed by atoms with Gasteiger partial charge in [0.2, 0.25) is 11.8 Å². The second-order valence-corrected chi connectivity index (χ2v) is 9.33. The predicted molar refractivity (Wildman–Crippen MR) is 120 cm³/mol. The van der Waals surface area contributed by atoms with Crippen molar-refractivity contribution >= 4 is 17.5 Å². The molecule has 0 saturated carbocycles. The fourth-order valence-corrected chi connectivity index (χ4v) is 4.83. The topological polar surface area (TPSA) is 94.6 Å². The molecule has 2 amide bonds. The molecule has 9 nitrogen and oxygen atoms in total. The number of nitrogens with zero attached hydrogens (tertiary/aromatic N) is 3. The number of carbonyl (C=O) groups excluding carboxylic acids is 2. The van der Waals surface area contributed by atoms with E-state index in [1.807, 2.05) is 42.1 Å². The van der Waals surface area contributed by atoms with Crippen LogP contribution in [0.3, 0.4) is 0 Å². The Kier molecular flexibility index (Phi) is 6.99. The summed E-state index contributed by atoms with van der Waals surface area (Å²) in [4.78, 5) is 31.0. The smallest absolute Gasteiger partial charge is 0.238 e. The number of aliphatic hydroxyl groups is 1. The highest BCUT2D eigenvalue weighted by atomic mass is 16.6. The molecular weight excluding hydrogens is 412 g/mol. The van der Waals surface area contributed by atoms with Crippen LogP contribution in [0.25, 0.3) is 0 Å². The Balaban J connectivity index is 1.45. The Bertz CT molecular complexity index is 840. The van der Waals surface area contributed by atoms with E-state index in [0.29, 0.717) is 19.4 Å². The Morgan fingerprint density at radius 3 is 2.66 bits per heavy atom. The van der Waals surface area contributed by atoms with E-state index in [1.54, 1.807) is 0 Å². The minimum atomic E-state index is -0.488. The van der Waals surface area contributed by atoms with E-state index >= 15 is 0 Å². The number of rotatable bonds is 6. The van der Waals surface area contributed by atoms with Gasteiger partial charge in [-0.2, -0.15) is 0 Å². The number of benzene rings is 1. The van der Waals surface area contributed by atoms with Gasteiger partial charge in [0.15, 0.2) is 0 Å². The zero-order chi connectivity index (χ0) is 22.8. The van der Waals surface area contributed by atoms with Crippen molar-refractivity contribution in [1.29, 1.82) is 0 Å². The van der Waals surface area contributed by atoms with Gasteiger partial charge in [0.05, 0.1) is 25.7 Å². The maximum Gasteiger partial charge on any atom is 0.238 e. The third-order valence-electron chi connectivity index (χ3n) is 6.50. The lowest BCUT2D eigenvalue weighted by molar-refractivity contribution is -0.150. The standard InChI is InChI=1S/C23H34N4O5/c1-25(2)13-21(29)24-15-4-5-19-17(10-15)18-11-16(31-20(14-28)23(18)32-19)12-22(30)27-8-6-26(3)7-9-27/h4-5,10,16,18,20,23,28H,6-9,11-14H2,1-3H3,(H,24,29)/t16-,18-,20+,23+/m0/s1. The summed E-state index contributed by atoms with van der Waals surface area (Å²) in [6.45, 7) is 3.37. The van der Waals surface area contributed by atoms with Crippen molar-refractivity contribution in [3.8, 4) is 5.75 Å². The molecular formula is C23H34N4O5. The molecule has 3 aliphatic heterocycles. The quantitative estimate of drug-likeness (QED) is 0.651. The average Bonchev–Trinajstić information content (AvgIpc) is 3.11. The van der Waals surface area contributed by atoms with Crippen molar-refractivity contribution in [3.63, 3.8) is 0 Å². The lowest BCUT2D eigenvalue weighted by Gasteiger charge is -2.38. The molecule has 1 aromatic rings. The van der Waals surface area contributed by atoms with Crippen LogP contribution in [0.2, 0.25) is 0 Å². The zero-order valence-corrected chi connectivity index (χ0v) is 19.1. The van der Waals surface area contributed by atoms with Gasteiger partial charge in [0.25, 0.3) is 0 Å². The van der Waals surface area contributed by atoms with Gasteiger partial charge in [-0.3, -0.25) is 9.59 Å². The molecule has 32 heavy (non-hydrogen) atoms. The van der Waals surface area contributed by atoms with Crippen molar-refractivity contribution in [2.24, 2.45) is 0 Å². The van der Waals surface area contributed by atoms with Gasteiger partial charge in [0, 0.05) is 43.3 Å². The highest BCUT2D eigenvalue weighted by Gasteiger charge is 2.46. The number of anilines is 1. The highest BCUT2D eigenvalue weighted by molar-refractivity contribution is 5.92. The summed E-state index contributed by atoms with van der Waals surface area (Å²) in [6, 6.07) is 5.64. The van der Waals surface area contributed by atoms with E-state index in [1.165, 1.54) is 0 Å². The predicted octanol–water partition coefficient (Wildman–Crippen LogP) is 0.345. The first-order valence-electron chi connectivity index (χ1n) is 11.3. The van der Waals surface area contributed by atoms with E-state index in [9.17, 15) is 14.7 Å². The molecule has 1 aromatic carbocycles. The normalized spacial score (nSPS) is 27.6. The lowest BCUT2D eigenvalue weighted by Crippen LogP contribution is -2.50. The molecule has 2 saturated heterocycles. The molecule has 0 bridgehead atoms. The fourth-order valence-electron chi connectivity index (χ4n) is 4.83. The average molecular weight is 447 g/mol. The van der Waals surface area contributed by atoms with Crippen LogP contribution >= 0.6 is 0 Å². The fraction of sp³-hybridized carbons (Fsp3) is 0.652. The third kappa shape index (κ3) is 5.06. The van der Waals surface area contributed by atoms with Crippen LogP contribution in [0.1, 0.15) is 24.3 Å². The van der Waals surface area contributed by atoms with Crippen LogP contribution in [0.5, 0.6) is 5.75 Å². The van der Waals surface area contributed by atoms with Crippen molar-refractivity contribution in [2.75, 3.05) is 65.8 Å². The molecule has 3 aliphatic rings. The number of carbonyl (C=O) groups is 2. The van der Waals surface area contributed by atoms with Crippen molar-refractivity contribution < 1.29 is 24.2 Å². The highest BCUT2D eigenvalue weighted by Crippen LogP contribution is 2.47. The van der Waals surface area contributed by atoms with E-state index in [2.05, 4.69) is 17.3 Å². The number of hydrogen-bond acceptors (Lipinski definition) is 7. The van der Waals surface area contributed by atoms with Crippen LogP contribution in [0.4, 0.5) is 5.69 Å². The third-order valence-corrected chi connectivity index (χ3v) is 6.50. The summed E-state index contributed by atoms with van der Waals surface area (Å²) >= 11 is 0. The van der Waals surface area contributed by atoms with Crippen LogP contribution < -0.4 is 10.1 Å². The Hall–Kier alpha value is -2.20. The molecule has 4 rings (SSSR count). The van der Waals surface area contributed by atoms with Crippen molar-refractivity contribution in [1.82, 2.24) is 14.7 Å². The number of hydrogen-bond donors (Lipinski definition) is 2. The maximum atomic E-state index is 12.9. The van der Waals surface area contributed by atoms with Gasteiger partial charge in [-0.1, -0.05) is 0 Å². The van der Waals surface area contributed by atoms with Crippen molar-refractivity contribution in [2.45, 2.75) is 37.1 Å². The minimum absolute atomic E-state index is 0.00638. The van der Waals surface area contributed by atoms with Crippen LogP contribution in [-0.4, -0.2) is 110 Å². The molecule has 0 unspecified atom stereocenters. The summed E-state index contributed by atoms with van der Waals surface area (Å²) in [6.07, 6.45) is -0.112. The number of piperazine rings is 1. The molecule has 2 fully saturated rings. The molecule has 0 radical (unpaired) electrons. The molecule has 0 aliphatic carbocycles. The second-order valence-electron chi connectivity index (χ2n) is 9.33. The summed E-state index contributed by atoms with van der Waals surface area (Å²) in [5, 5.41) is 12.9. The second kappa shape index (κ2) is 9.74. The van der Waals surface area contributed by atoms with Gasteiger partial charge >= 0.3 is 0 Å². The summed E-state index contributed by atoms with van der Waals surface area (Å²) < 4.78 is 12.2. The molecule has 0 spiro atoms. The monoisotopic (exact) mass is 446 g/mol. The number of likely N-dealkylation sites (N-methyl/N-ethyl adjacent to an activating group) is 2. The van der Waals surface area contributed by atoms with Crippen LogP contribution in [0, 0.1) is 0 Å². The van der Waals surface area contributed by atoms with E-state index in [0.717, 1.165) is 43.2 Å². The molecule has 2 N–H and O–H groups in total. The molecule has 9 heteroatoms. The van der Waals surface area contributed by atoms with Gasteiger partial charge in [-0.15, -0.1) is 0 Å². The number of ether oxygens (including phenoxy) is 2. The summed E-state index contributed by atoms with van der Waals surface area (Å²) in [7, 11) is 5.76. The number of aliphatic hydroxyl groups excluding tert-OH is 1. The Morgan fingerprint density at radius 1 is 1.22 bits per heavy atom. The summed E-state index contributed by atoms with van der Waals surface area (Å²) in [5.74, 6) is 0.772. The Morgan fingerprint density at radius 2 is 1.97 bits per heavy atom. The van der Waals surface area contributed by atoms with Gasteiger partial charge in [-0.05, 0) is 45.8 Å². The zero-order valence-electron chi connectivity index (χ0n) is 19.1. The van der Waals surface area contributed by atoms with E-state index in [-0.39, 0.29) is 36.5 Å². The Labute approximate surface area is 189 Å². The molecule has 3 heterocycles. The van der Waals surface area contributed by atoms with Gasteiger partial charge in [0.1, 0.15) is 18.0 Å². The largest absolute Gasteiger partial charge is 0.487 e. The van der Waals surface area contributed by atoms with Crippen molar-refractivity contribution in [3.05, 3.63) is 23.8 Å². The maximum absolute atomic E-state index is 12.9. The number of fused-ring (bicyclic) bond motifs is 3. The lowest BCUT2D eigenvalue weighted by atomic mass is 9.84. The first-order chi connectivity index (χ1) is 15.3. The number of nitrogens with one attached hydrogen (secondary N) is 1. The SMILES string of the molecule is CN(C)CC(=O)Nc1ccc2c(c1)[C@@H]1C[C@@H](CC(=O)N3CCN(C)CC3)O[C@H](CO)[C@@H]1O2. The van der Waals surface area contributed by atoms with Crippen LogP contribution in [-0.2, 0) is 14.3 Å². The number of amides is 2. The van der Waals surface area contributed by atoms with Gasteiger partial charge in [-0.25, -0.2) is 0 Å². The first kappa shape index (κ1) is 23.0. The van der Waals surface area contributed by atoms with Gasteiger partial charge < -0.3 is 34.6 Å². The summed E-state index contributed by atoms with van der Waals surface area (Å²) in [5.41, 5.74) is 1.72. The first-order valence-corrected chi connectivity index (χ1v) is 11.3.